The Bertz CT molecular complexity index is 336. The van der Waals surface area contributed by atoms with Crippen LogP contribution in [0.15, 0.2) is 4.52 Å². The van der Waals surface area contributed by atoms with E-state index in [1.54, 1.807) is 0 Å². The minimum atomic E-state index is 0.304. The molecule has 90 valence electrons. The van der Waals surface area contributed by atoms with E-state index < -0.39 is 0 Å². The molecule has 1 fully saturated rings. The summed E-state index contributed by atoms with van der Waals surface area (Å²) in [7, 11) is 0. The van der Waals surface area contributed by atoms with Gasteiger partial charge in [-0.3, -0.25) is 4.90 Å². The summed E-state index contributed by atoms with van der Waals surface area (Å²) in [5.74, 6) is 1.33. The standard InChI is InChI=1S/C11H20N4O/c1-8(2)15-6-4-3-5-9(15)11-13-10(7-12)16-14-11/h8-9H,3-7,12H2,1-2H3. The Balaban J connectivity index is 2.16. The zero-order valence-corrected chi connectivity index (χ0v) is 10.0. The molecule has 0 saturated carbocycles. The normalized spacial score (nSPS) is 22.9. The van der Waals surface area contributed by atoms with Gasteiger partial charge in [0.1, 0.15) is 0 Å². The average molecular weight is 224 g/mol. The number of aromatic nitrogens is 2. The van der Waals surface area contributed by atoms with Crippen molar-refractivity contribution >= 4 is 0 Å². The van der Waals surface area contributed by atoms with Crippen LogP contribution in [-0.2, 0) is 6.54 Å². The summed E-state index contributed by atoms with van der Waals surface area (Å²) >= 11 is 0. The third kappa shape index (κ3) is 2.25. The summed E-state index contributed by atoms with van der Waals surface area (Å²) in [5, 5.41) is 4.04. The first-order valence-electron chi connectivity index (χ1n) is 6.00. The van der Waals surface area contributed by atoms with Crippen LogP contribution >= 0.6 is 0 Å². The van der Waals surface area contributed by atoms with Gasteiger partial charge in [-0.05, 0) is 33.2 Å². The van der Waals surface area contributed by atoms with E-state index in [2.05, 4.69) is 28.9 Å². The van der Waals surface area contributed by atoms with Gasteiger partial charge in [0.25, 0.3) is 0 Å². The Morgan fingerprint density at radius 1 is 1.50 bits per heavy atom. The summed E-state index contributed by atoms with van der Waals surface area (Å²) < 4.78 is 5.08. The van der Waals surface area contributed by atoms with E-state index in [4.69, 9.17) is 10.3 Å². The third-order valence-electron chi connectivity index (χ3n) is 3.16. The highest BCUT2D eigenvalue weighted by atomic mass is 16.5. The molecule has 1 saturated heterocycles. The molecule has 2 N–H and O–H groups in total. The fourth-order valence-electron chi connectivity index (χ4n) is 2.34. The molecule has 5 nitrogen and oxygen atoms in total. The van der Waals surface area contributed by atoms with Crippen LogP contribution in [0, 0.1) is 0 Å². The second-order valence-corrected chi connectivity index (χ2v) is 4.59. The second-order valence-electron chi connectivity index (χ2n) is 4.59. The van der Waals surface area contributed by atoms with Gasteiger partial charge in [-0.2, -0.15) is 4.98 Å². The van der Waals surface area contributed by atoms with Crippen molar-refractivity contribution < 1.29 is 4.52 Å². The number of nitrogens with zero attached hydrogens (tertiary/aromatic N) is 3. The lowest BCUT2D eigenvalue weighted by Crippen LogP contribution is -2.39. The Hall–Kier alpha value is -0.940. The second kappa shape index (κ2) is 4.93. The SMILES string of the molecule is CC(C)N1CCCCC1c1noc(CN)n1. The van der Waals surface area contributed by atoms with Gasteiger partial charge in [-0.1, -0.05) is 11.6 Å². The molecule has 1 aliphatic rings. The molecule has 0 amide bonds. The molecule has 5 heteroatoms. The molecule has 1 unspecified atom stereocenters. The highest BCUT2D eigenvalue weighted by molar-refractivity contribution is 4.97. The van der Waals surface area contributed by atoms with Crippen LogP contribution < -0.4 is 5.73 Å². The highest BCUT2D eigenvalue weighted by Crippen LogP contribution is 2.30. The van der Waals surface area contributed by atoms with Gasteiger partial charge in [-0.25, -0.2) is 0 Å². The van der Waals surface area contributed by atoms with E-state index in [0.29, 0.717) is 24.5 Å². The van der Waals surface area contributed by atoms with Crippen molar-refractivity contribution in [1.82, 2.24) is 15.0 Å². The number of likely N-dealkylation sites (tertiary alicyclic amines) is 1. The van der Waals surface area contributed by atoms with Crippen LogP contribution in [0.3, 0.4) is 0 Å². The van der Waals surface area contributed by atoms with Gasteiger partial charge in [0.15, 0.2) is 5.82 Å². The smallest absolute Gasteiger partial charge is 0.240 e. The van der Waals surface area contributed by atoms with E-state index in [1.807, 2.05) is 0 Å². The molecule has 1 atom stereocenters. The van der Waals surface area contributed by atoms with Crippen molar-refractivity contribution in [2.45, 2.75) is 51.7 Å². The molecule has 1 aromatic rings. The topological polar surface area (TPSA) is 68.2 Å². The molecule has 16 heavy (non-hydrogen) atoms. The Morgan fingerprint density at radius 2 is 2.31 bits per heavy atom. The molecule has 2 rings (SSSR count). The number of nitrogens with two attached hydrogens (primary N) is 1. The van der Waals surface area contributed by atoms with E-state index in [1.165, 1.54) is 12.8 Å². The van der Waals surface area contributed by atoms with E-state index in [0.717, 1.165) is 18.8 Å². The first-order valence-corrected chi connectivity index (χ1v) is 6.00. The van der Waals surface area contributed by atoms with Crippen molar-refractivity contribution in [1.29, 1.82) is 0 Å². The fourth-order valence-corrected chi connectivity index (χ4v) is 2.34. The maximum atomic E-state index is 5.48. The van der Waals surface area contributed by atoms with E-state index >= 15 is 0 Å². The molecule has 0 aromatic carbocycles. The highest BCUT2D eigenvalue weighted by Gasteiger charge is 2.29. The number of hydrogen-bond donors (Lipinski definition) is 1. The maximum absolute atomic E-state index is 5.48. The molecule has 0 spiro atoms. The molecule has 0 bridgehead atoms. The van der Waals surface area contributed by atoms with Gasteiger partial charge in [0.2, 0.25) is 5.89 Å². The summed E-state index contributed by atoms with van der Waals surface area (Å²) in [5.41, 5.74) is 5.48. The van der Waals surface area contributed by atoms with Crippen molar-refractivity contribution in [3.05, 3.63) is 11.7 Å². The van der Waals surface area contributed by atoms with Crippen LogP contribution in [0.5, 0.6) is 0 Å². The molecular formula is C11H20N4O. The monoisotopic (exact) mass is 224 g/mol. The molecule has 2 heterocycles. The number of rotatable bonds is 3. The lowest BCUT2D eigenvalue weighted by Gasteiger charge is -2.36. The minimum absolute atomic E-state index is 0.304. The van der Waals surface area contributed by atoms with E-state index in [9.17, 15) is 0 Å². The van der Waals surface area contributed by atoms with Crippen molar-refractivity contribution in [2.24, 2.45) is 5.73 Å². The predicted molar refractivity (Wildman–Crippen MR) is 60.6 cm³/mol. The van der Waals surface area contributed by atoms with Gasteiger partial charge < -0.3 is 10.3 Å². The number of piperidine rings is 1. The fraction of sp³-hybridized carbons (Fsp3) is 0.818. The van der Waals surface area contributed by atoms with Crippen molar-refractivity contribution in [3.8, 4) is 0 Å². The predicted octanol–water partition coefficient (Wildman–Crippen LogP) is 1.46. The first-order chi connectivity index (χ1) is 7.72. The Labute approximate surface area is 96.0 Å². The number of hydrogen-bond acceptors (Lipinski definition) is 5. The van der Waals surface area contributed by atoms with Gasteiger partial charge >= 0.3 is 0 Å². The maximum Gasteiger partial charge on any atom is 0.240 e. The third-order valence-corrected chi connectivity index (χ3v) is 3.16. The summed E-state index contributed by atoms with van der Waals surface area (Å²) in [6, 6.07) is 0.822. The quantitative estimate of drug-likeness (QED) is 0.842. The molecule has 0 radical (unpaired) electrons. The molecule has 1 aliphatic heterocycles. The molecular weight excluding hydrogens is 204 g/mol. The van der Waals surface area contributed by atoms with Crippen LogP contribution in [-0.4, -0.2) is 27.6 Å². The molecule has 0 aliphatic carbocycles. The van der Waals surface area contributed by atoms with Crippen LogP contribution in [0.2, 0.25) is 0 Å². The van der Waals surface area contributed by atoms with Gasteiger partial charge in [0.05, 0.1) is 12.6 Å². The average Bonchev–Trinajstić information content (AvgIpc) is 2.77. The van der Waals surface area contributed by atoms with Crippen LogP contribution in [0.4, 0.5) is 0 Å². The first kappa shape index (κ1) is 11.5. The Morgan fingerprint density at radius 3 is 2.94 bits per heavy atom. The van der Waals surface area contributed by atoms with Crippen molar-refractivity contribution in [2.75, 3.05) is 6.54 Å². The van der Waals surface area contributed by atoms with Crippen LogP contribution in [0.25, 0.3) is 0 Å². The summed E-state index contributed by atoms with van der Waals surface area (Å²) in [6.45, 7) is 5.86. The Kier molecular flexibility index (Phi) is 3.56. The van der Waals surface area contributed by atoms with Crippen molar-refractivity contribution in [3.63, 3.8) is 0 Å². The molecule has 1 aromatic heterocycles. The summed E-state index contributed by atoms with van der Waals surface area (Å²) in [6.07, 6.45) is 3.61. The zero-order chi connectivity index (χ0) is 11.5. The minimum Gasteiger partial charge on any atom is -0.338 e. The summed E-state index contributed by atoms with van der Waals surface area (Å²) in [4.78, 5) is 6.78. The zero-order valence-electron chi connectivity index (χ0n) is 10.0. The van der Waals surface area contributed by atoms with Gasteiger partial charge in [-0.15, -0.1) is 0 Å². The lowest BCUT2D eigenvalue weighted by atomic mass is 10.00. The largest absolute Gasteiger partial charge is 0.338 e. The van der Waals surface area contributed by atoms with E-state index in [-0.39, 0.29) is 0 Å². The van der Waals surface area contributed by atoms with Gasteiger partial charge in [0, 0.05) is 6.04 Å². The lowest BCUT2D eigenvalue weighted by molar-refractivity contribution is 0.104. The van der Waals surface area contributed by atoms with Crippen LogP contribution in [0.1, 0.15) is 50.9 Å².